The van der Waals surface area contributed by atoms with E-state index in [4.69, 9.17) is 5.84 Å². The predicted octanol–water partition coefficient (Wildman–Crippen LogP) is 0.189. The number of nitrogens with zero attached hydrogens (tertiary/aromatic N) is 6. The SMILES string of the molecule is CN(CC1CC1)c1nc(NN)nc(-n2cccn2)n1. The van der Waals surface area contributed by atoms with Crippen molar-refractivity contribution < 1.29 is 0 Å². The monoisotopic (exact) mass is 260 g/mol. The second-order valence-corrected chi connectivity index (χ2v) is 4.68. The summed E-state index contributed by atoms with van der Waals surface area (Å²) in [7, 11) is 1.97. The van der Waals surface area contributed by atoms with Gasteiger partial charge in [0.15, 0.2) is 0 Å². The Morgan fingerprint density at radius 3 is 2.89 bits per heavy atom. The summed E-state index contributed by atoms with van der Waals surface area (Å²) >= 11 is 0. The third-order valence-electron chi connectivity index (χ3n) is 3.02. The van der Waals surface area contributed by atoms with Gasteiger partial charge in [-0.25, -0.2) is 10.5 Å². The Balaban J connectivity index is 1.92. The van der Waals surface area contributed by atoms with Gasteiger partial charge in [-0.1, -0.05) is 0 Å². The van der Waals surface area contributed by atoms with Crippen LogP contribution in [-0.4, -0.2) is 38.3 Å². The van der Waals surface area contributed by atoms with Crippen molar-refractivity contribution in [2.75, 3.05) is 23.9 Å². The highest BCUT2D eigenvalue weighted by Gasteiger charge is 2.24. The van der Waals surface area contributed by atoms with Crippen molar-refractivity contribution in [3.05, 3.63) is 18.5 Å². The third kappa shape index (κ3) is 2.63. The number of nitrogens with two attached hydrogens (primary N) is 1. The van der Waals surface area contributed by atoms with Crippen molar-refractivity contribution >= 4 is 11.9 Å². The van der Waals surface area contributed by atoms with E-state index in [1.807, 2.05) is 18.0 Å². The van der Waals surface area contributed by atoms with Crippen LogP contribution >= 0.6 is 0 Å². The molecule has 0 amide bonds. The summed E-state index contributed by atoms with van der Waals surface area (Å²) in [5.41, 5.74) is 2.46. The maximum atomic E-state index is 5.40. The average Bonchev–Trinajstić information content (AvgIpc) is 3.08. The summed E-state index contributed by atoms with van der Waals surface area (Å²) in [5.74, 6) is 7.54. The maximum absolute atomic E-state index is 5.40. The topological polar surface area (TPSA) is 97.8 Å². The van der Waals surface area contributed by atoms with Gasteiger partial charge in [-0.15, -0.1) is 0 Å². The molecule has 3 N–H and O–H groups in total. The number of aromatic nitrogens is 5. The molecule has 0 aromatic carbocycles. The highest BCUT2D eigenvalue weighted by Crippen LogP contribution is 2.30. The molecule has 19 heavy (non-hydrogen) atoms. The molecule has 3 rings (SSSR count). The minimum atomic E-state index is 0.332. The van der Waals surface area contributed by atoms with Gasteiger partial charge < -0.3 is 4.90 Å². The van der Waals surface area contributed by atoms with Gasteiger partial charge in [-0.2, -0.15) is 20.1 Å². The smallest absolute Gasteiger partial charge is 0.257 e. The maximum Gasteiger partial charge on any atom is 0.257 e. The van der Waals surface area contributed by atoms with Gasteiger partial charge in [0.2, 0.25) is 11.9 Å². The molecule has 1 fully saturated rings. The second kappa shape index (κ2) is 4.81. The first-order valence-corrected chi connectivity index (χ1v) is 6.20. The van der Waals surface area contributed by atoms with E-state index in [1.165, 1.54) is 12.8 Å². The van der Waals surface area contributed by atoms with Gasteiger partial charge in [0, 0.05) is 26.0 Å². The van der Waals surface area contributed by atoms with Gasteiger partial charge in [-0.05, 0) is 24.8 Å². The molecule has 8 heteroatoms. The van der Waals surface area contributed by atoms with Crippen molar-refractivity contribution in [2.24, 2.45) is 11.8 Å². The zero-order valence-corrected chi connectivity index (χ0v) is 10.7. The minimum absolute atomic E-state index is 0.332. The Labute approximate surface area is 110 Å². The molecule has 2 aromatic heterocycles. The number of rotatable bonds is 5. The van der Waals surface area contributed by atoms with Crippen LogP contribution in [0.5, 0.6) is 0 Å². The van der Waals surface area contributed by atoms with E-state index in [-0.39, 0.29) is 0 Å². The van der Waals surface area contributed by atoms with Crippen molar-refractivity contribution in [3.8, 4) is 5.95 Å². The summed E-state index contributed by atoms with van der Waals surface area (Å²) in [6, 6.07) is 1.81. The molecule has 0 bridgehead atoms. The van der Waals surface area contributed by atoms with Gasteiger partial charge in [-0.3, -0.25) is 5.43 Å². The van der Waals surface area contributed by atoms with Gasteiger partial charge in [0.25, 0.3) is 5.95 Å². The highest BCUT2D eigenvalue weighted by molar-refractivity contribution is 5.38. The zero-order chi connectivity index (χ0) is 13.2. The summed E-state index contributed by atoms with van der Waals surface area (Å²) in [6.07, 6.45) is 6.01. The van der Waals surface area contributed by atoms with Crippen molar-refractivity contribution in [3.63, 3.8) is 0 Å². The van der Waals surface area contributed by atoms with E-state index in [0.29, 0.717) is 17.8 Å². The number of hydrazine groups is 1. The van der Waals surface area contributed by atoms with E-state index < -0.39 is 0 Å². The van der Waals surface area contributed by atoms with Gasteiger partial charge >= 0.3 is 0 Å². The average molecular weight is 260 g/mol. The van der Waals surface area contributed by atoms with E-state index in [0.717, 1.165) is 12.5 Å². The molecule has 1 aliphatic rings. The molecular formula is C11H16N8. The van der Waals surface area contributed by atoms with Crippen LogP contribution < -0.4 is 16.2 Å². The first-order chi connectivity index (χ1) is 9.26. The molecule has 0 spiro atoms. The number of hydrogen-bond donors (Lipinski definition) is 2. The summed E-state index contributed by atoms with van der Waals surface area (Å²) in [5, 5.41) is 4.11. The Kier molecular flexibility index (Phi) is 3.00. The molecule has 0 saturated heterocycles. The third-order valence-corrected chi connectivity index (χ3v) is 3.02. The molecule has 100 valence electrons. The summed E-state index contributed by atoms with van der Waals surface area (Å²) < 4.78 is 1.58. The Bertz CT molecular complexity index is 548. The minimum Gasteiger partial charge on any atom is -0.343 e. The normalized spacial score (nSPS) is 14.4. The number of anilines is 2. The lowest BCUT2D eigenvalue weighted by Crippen LogP contribution is -2.25. The van der Waals surface area contributed by atoms with Crippen LogP contribution in [0.2, 0.25) is 0 Å². The first-order valence-electron chi connectivity index (χ1n) is 6.20. The molecule has 2 heterocycles. The van der Waals surface area contributed by atoms with E-state index >= 15 is 0 Å². The first kappa shape index (κ1) is 11.8. The van der Waals surface area contributed by atoms with Crippen LogP contribution in [0.15, 0.2) is 18.5 Å². The number of hydrogen-bond acceptors (Lipinski definition) is 7. The zero-order valence-electron chi connectivity index (χ0n) is 10.7. The van der Waals surface area contributed by atoms with Crippen LogP contribution in [0.25, 0.3) is 5.95 Å². The van der Waals surface area contributed by atoms with E-state index in [1.54, 1.807) is 17.1 Å². The number of nitrogens with one attached hydrogen (secondary N) is 1. The van der Waals surface area contributed by atoms with Crippen LogP contribution in [0.1, 0.15) is 12.8 Å². The van der Waals surface area contributed by atoms with Crippen LogP contribution in [0.3, 0.4) is 0 Å². The summed E-state index contributed by atoms with van der Waals surface area (Å²) in [4.78, 5) is 14.9. The Hall–Kier alpha value is -2.22. The fourth-order valence-electron chi connectivity index (χ4n) is 1.85. The lowest BCUT2D eigenvalue weighted by molar-refractivity contribution is 0.740. The fraction of sp³-hybridized carbons (Fsp3) is 0.455. The molecular weight excluding hydrogens is 244 g/mol. The van der Waals surface area contributed by atoms with E-state index in [9.17, 15) is 0 Å². The summed E-state index contributed by atoms with van der Waals surface area (Å²) in [6.45, 7) is 0.951. The molecule has 0 aliphatic heterocycles. The predicted molar refractivity (Wildman–Crippen MR) is 70.8 cm³/mol. The molecule has 0 atom stereocenters. The molecule has 0 unspecified atom stereocenters. The molecule has 2 aromatic rings. The molecule has 1 aliphatic carbocycles. The second-order valence-electron chi connectivity index (χ2n) is 4.68. The van der Waals surface area contributed by atoms with Crippen molar-refractivity contribution in [1.82, 2.24) is 24.7 Å². The Morgan fingerprint density at radius 2 is 2.26 bits per heavy atom. The van der Waals surface area contributed by atoms with Crippen LogP contribution in [0, 0.1) is 5.92 Å². The molecule has 1 saturated carbocycles. The highest BCUT2D eigenvalue weighted by atomic mass is 15.4. The van der Waals surface area contributed by atoms with Crippen LogP contribution in [0.4, 0.5) is 11.9 Å². The van der Waals surface area contributed by atoms with Crippen molar-refractivity contribution in [2.45, 2.75) is 12.8 Å². The standard InChI is InChI=1S/C11H16N8/c1-18(7-8-3-4-8)10-14-9(17-12)15-11(16-10)19-6-2-5-13-19/h2,5-6,8H,3-4,7,12H2,1H3,(H,14,15,16,17). The molecule has 0 radical (unpaired) electrons. The lowest BCUT2D eigenvalue weighted by atomic mass is 10.4. The molecule has 8 nitrogen and oxygen atoms in total. The number of nitrogen functional groups attached to an aromatic ring is 1. The Morgan fingerprint density at radius 1 is 1.42 bits per heavy atom. The largest absolute Gasteiger partial charge is 0.343 e. The van der Waals surface area contributed by atoms with Crippen LogP contribution in [-0.2, 0) is 0 Å². The fourth-order valence-corrected chi connectivity index (χ4v) is 1.85. The van der Waals surface area contributed by atoms with Crippen molar-refractivity contribution in [1.29, 1.82) is 0 Å². The lowest BCUT2D eigenvalue weighted by Gasteiger charge is -2.17. The van der Waals surface area contributed by atoms with E-state index in [2.05, 4.69) is 25.5 Å². The quantitative estimate of drug-likeness (QED) is 0.585. The van der Waals surface area contributed by atoms with Gasteiger partial charge in [0.05, 0.1) is 0 Å². The van der Waals surface area contributed by atoms with Gasteiger partial charge in [0.1, 0.15) is 0 Å².